The minimum Gasteiger partial charge on any atom is -0.478 e. The first kappa shape index (κ1) is 18.2. The molecule has 2 atom stereocenters. The molecule has 134 valence electrons. The Morgan fingerprint density at radius 2 is 1.85 bits per heavy atom. The molecule has 2 aromatic rings. The summed E-state index contributed by atoms with van der Waals surface area (Å²) in [5.74, 6) is 0.0237. The summed E-state index contributed by atoms with van der Waals surface area (Å²) in [6, 6.07) is 16.5. The fourth-order valence-corrected chi connectivity index (χ4v) is 3.16. The van der Waals surface area contributed by atoms with Crippen molar-refractivity contribution in [2.24, 2.45) is 0 Å². The molecule has 1 aliphatic heterocycles. The smallest absolute Gasteiger partial charge is 0.330 e. The van der Waals surface area contributed by atoms with Gasteiger partial charge in [-0.15, -0.1) is 0 Å². The Morgan fingerprint density at radius 3 is 2.54 bits per heavy atom. The van der Waals surface area contributed by atoms with Crippen LogP contribution in [0.3, 0.4) is 0 Å². The van der Waals surface area contributed by atoms with Gasteiger partial charge >= 0.3 is 5.97 Å². The van der Waals surface area contributed by atoms with Gasteiger partial charge in [-0.3, -0.25) is 4.79 Å². The number of carbonyl (C=O) groups excluding carboxylic acids is 2. The predicted octanol–water partition coefficient (Wildman–Crippen LogP) is 3.34. The van der Waals surface area contributed by atoms with Crippen molar-refractivity contribution >= 4 is 27.8 Å². The maximum Gasteiger partial charge on any atom is 0.330 e. The maximum atomic E-state index is 12.6. The molecule has 0 saturated carbocycles. The molecule has 0 aliphatic carbocycles. The van der Waals surface area contributed by atoms with E-state index in [-0.39, 0.29) is 11.9 Å². The Bertz CT molecular complexity index is 822. The van der Waals surface area contributed by atoms with Crippen LogP contribution in [-0.4, -0.2) is 36.0 Å². The van der Waals surface area contributed by atoms with Gasteiger partial charge in [0.25, 0.3) is 5.91 Å². The number of rotatable bonds is 6. The van der Waals surface area contributed by atoms with E-state index in [0.29, 0.717) is 12.3 Å². The number of esters is 1. The number of para-hydroxylation sites is 1. The Balaban J connectivity index is 1.79. The standard InChI is InChI=1S/C20H18BrNO4/c1-25-18(23)12-11-17-19(26-15-8-3-2-4-9-15)20(24)22(17)13-14-7-5-6-10-16(14)21/h2-12,17,19H,13H2,1H3/b12-11+/t17-,19+/m0/s1. The lowest BCUT2D eigenvalue weighted by atomic mass is 9.96. The molecule has 0 unspecified atom stereocenters. The summed E-state index contributed by atoms with van der Waals surface area (Å²) < 4.78 is 11.4. The number of halogens is 1. The van der Waals surface area contributed by atoms with Crippen molar-refractivity contribution in [1.82, 2.24) is 4.90 Å². The van der Waals surface area contributed by atoms with Crippen molar-refractivity contribution in [2.45, 2.75) is 18.7 Å². The monoisotopic (exact) mass is 415 g/mol. The molecular weight excluding hydrogens is 398 g/mol. The van der Waals surface area contributed by atoms with Crippen LogP contribution in [0.15, 0.2) is 71.2 Å². The van der Waals surface area contributed by atoms with E-state index in [1.807, 2.05) is 42.5 Å². The van der Waals surface area contributed by atoms with Crippen molar-refractivity contribution in [3.05, 3.63) is 76.8 Å². The molecule has 0 N–H and O–H groups in total. The molecule has 5 nitrogen and oxygen atoms in total. The van der Waals surface area contributed by atoms with E-state index in [0.717, 1.165) is 10.0 Å². The molecule has 1 fully saturated rings. The minimum absolute atomic E-state index is 0.121. The normalized spacial score (nSPS) is 19.3. The van der Waals surface area contributed by atoms with Gasteiger partial charge in [0.2, 0.25) is 6.10 Å². The molecule has 0 aromatic heterocycles. The number of carbonyl (C=O) groups is 2. The molecule has 6 heteroatoms. The fraction of sp³-hybridized carbons (Fsp3) is 0.200. The van der Waals surface area contributed by atoms with Crippen LogP contribution in [0, 0.1) is 0 Å². The van der Waals surface area contributed by atoms with Crippen molar-refractivity contribution in [1.29, 1.82) is 0 Å². The van der Waals surface area contributed by atoms with Gasteiger partial charge in [0.15, 0.2) is 0 Å². The molecule has 0 radical (unpaired) electrons. The van der Waals surface area contributed by atoms with E-state index >= 15 is 0 Å². The molecule has 0 bridgehead atoms. The molecule has 1 heterocycles. The van der Waals surface area contributed by atoms with Gasteiger partial charge < -0.3 is 14.4 Å². The number of nitrogens with zero attached hydrogens (tertiary/aromatic N) is 1. The van der Waals surface area contributed by atoms with Gasteiger partial charge in [-0.25, -0.2) is 4.79 Å². The number of ether oxygens (including phenoxy) is 2. The van der Waals surface area contributed by atoms with Crippen LogP contribution in [-0.2, 0) is 20.9 Å². The van der Waals surface area contributed by atoms with E-state index in [4.69, 9.17) is 4.74 Å². The van der Waals surface area contributed by atoms with E-state index in [2.05, 4.69) is 20.7 Å². The number of likely N-dealkylation sites (tertiary alicyclic amines) is 1. The molecule has 1 aliphatic rings. The van der Waals surface area contributed by atoms with Crippen LogP contribution in [0.1, 0.15) is 5.56 Å². The number of benzene rings is 2. The highest BCUT2D eigenvalue weighted by atomic mass is 79.9. The van der Waals surface area contributed by atoms with Crippen molar-refractivity contribution in [3.63, 3.8) is 0 Å². The maximum absolute atomic E-state index is 12.6. The van der Waals surface area contributed by atoms with Crippen LogP contribution in [0.25, 0.3) is 0 Å². The second kappa shape index (κ2) is 8.19. The van der Waals surface area contributed by atoms with Crippen LogP contribution in [0.5, 0.6) is 5.75 Å². The Kier molecular flexibility index (Phi) is 5.73. The first-order chi connectivity index (χ1) is 12.6. The summed E-state index contributed by atoms with van der Waals surface area (Å²) in [5, 5.41) is 0. The molecule has 2 aromatic carbocycles. The van der Waals surface area contributed by atoms with Crippen molar-refractivity contribution in [2.75, 3.05) is 7.11 Å². The van der Waals surface area contributed by atoms with Gasteiger partial charge in [0, 0.05) is 17.1 Å². The summed E-state index contributed by atoms with van der Waals surface area (Å²) in [6.07, 6.45) is 2.31. The molecule has 3 rings (SSSR count). The number of β-lactam (4-membered cyclic amide) rings is 1. The highest BCUT2D eigenvalue weighted by molar-refractivity contribution is 9.10. The zero-order valence-electron chi connectivity index (χ0n) is 14.2. The van der Waals surface area contributed by atoms with E-state index in [9.17, 15) is 9.59 Å². The minimum atomic E-state index is -0.666. The topological polar surface area (TPSA) is 55.8 Å². The van der Waals surface area contributed by atoms with Gasteiger partial charge in [-0.1, -0.05) is 58.4 Å². The first-order valence-corrected chi connectivity index (χ1v) is 8.91. The zero-order chi connectivity index (χ0) is 18.5. The van der Waals surface area contributed by atoms with Crippen LogP contribution < -0.4 is 4.74 Å². The second-order valence-corrected chi connectivity index (χ2v) is 6.64. The van der Waals surface area contributed by atoms with E-state index in [1.165, 1.54) is 13.2 Å². The second-order valence-electron chi connectivity index (χ2n) is 5.78. The quantitative estimate of drug-likeness (QED) is 0.412. The Morgan fingerprint density at radius 1 is 1.15 bits per heavy atom. The zero-order valence-corrected chi connectivity index (χ0v) is 15.8. The lowest BCUT2D eigenvalue weighted by molar-refractivity contribution is -0.160. The molecule has 0 spiro atoms. The highest BCUT2D eigenvalue weighted by Gasteiger charge is 2.48. The van der Waals surface area contributed by atoms with Crippen LogP contribution >= 0.6 is 15.9 Å². The summed E-state index contributed by atoms with van der Waals surface area (Å²) >= 11 is 3.50. The highest BCUT2D eigenvalue weighted by Crippen LogP contribution is 2.30. The summed E-state index contributed by atoms with van der Waals surface area (Å²) in [6.45, 7) is 0.422. The third-order valence-electron chi connectivity index (χ3n) is 4.13. The molecule has 26 heavy (non-hydrogen) atoms. The Labute approximate surface area is 160 Å². The van der Waals surface area contributed by atoms with Gasteiger partial charge in [-0.2, -0.15) is 0 Å². The first-order valence-electron chi connectivity index (χ1n) is 8.12. The summed E-state index contributed by atoms with van der Waals surface area (Å²) in [4.78, 5) is 25.8. The van der Waals surface area contributed by atoms with Crippen molar-refractivity contribution < 1.29 is 19.1 Å². The Hall–Kier alpha value is -2.60. The number of hydrogen-bond acceptors (Lipinski definition) is 4. The number of amides is 1. The number of hydrogen-bond donors (Lipinski definition) is 0. The molecule has 1 saturated heterocycles. The van der Waals surface area contributed by atoms with Crippen molar-refractivity contribution in [3.8, 4) is 5.75 Å². The third kappa shape index (κ3) is 3.96. The van der Waals surface area contributed by atoms with Gasteiger partial charge in [0.05, 0.1) is 13.2 Å². The predicted molar refractivity (Wildman–Crippen MR) is 100 cm³/mol. The summed E-state index contributed by atoms with van der Waals surface area (Å²) in [5.41, 5.74) is 0.982. The molecular formula is C20H18BrNO4. The van der Waals surface area contributed by atoms with Gasteiger partial charge in [-0.05, 0) is 23.8 Å². The van der Waals surface area contributed by atoms with Crippen LogP contribution in [0.4, 0.5) is 0 Å². The lowest BCUT2D eigenvalue weighted by Crippen LogP contribution is -2.65. The largest absolute Gasteiger partial charge is 0.478 e. The molecule has 1 amide bonds. The van der Waals surface area contributed by atoms with Gasteiger partial charge in [0.1, 0.15) is 5.75 Å². The lowest BCUT2D eigenvalue weighted by Gasteiger charge is -2.45. The summed E-state index contributed by atoms with van der Waals surface area (Å²) in [7, 11) is 1.31. The third-order valence-corrected chi connectivity index (χ3v) is 4.91. The van der Waals surface area contributed by atoms with E-state index in [1.54, 1.807) is 23.1 Å². The van der Waals surface area contributed by atoms with E-state index < -0.39 is 12.1 Å². The SMILES string of the molecule is COC(=O)/C=C/[C@H]1[C@@H](Oc2ccccc2)C(=O)N1Cc1ccccc1Br. The average Bonchev–Trinajstić information content (AvgIpc) is 2.67. The fourth-order valence-electron chi connectivity index (χ4n) is 2.75. The van der Waals surface area contributed by atoms with Crippen LogP contribution in [0.2, 0.25) is 0 Å². The number of methoxy groups -OCH3 is 1. The average molecular weight is 416 g/mol.